The van der Waals surface area contributed by atoms with Gasteiger partial charge in [-0.25, -0.2) is 4.39 Å². The second-order valence-corrected chi connectivity index (χ2v) is 7.56. The average Bonchev–Trinajstić information content (AvgIpc) is 2.86. The van der Waals surface area contributed by atoms with Crippen molar-refractivity contribution in [1.82, 2.24) is 9.88 Å². The number of hydrogen-bond donors (Lipinski definition) is 1. The zero-order chi connectivity index (χ0) is 19.8. The zero-order valence-corrected chi connectivity index (χ0v) is 15.4. The van der Waals surface area contributed by atoms with Gasteiger partial charge in [-0.15, -0.1) is 0 Å². The van der Waals surface area contributed by atoms with Crippen LogP contribution in [0, 0.1) is 11.2 Å². The topological polar surface area (TPSA) is 70.5 Å². The van der Waals surface area contributed by atoms with E-state index in [1.54, 1.807) is 51.4 Å². The van der Waals surface area contributed by atoms with Crippen molar-refractivity contribution >= 4 is 11.7 Å². The number of rotatable bonds is 4. The molecule has 0 saturated carbocycles. The van der Waals surface area contributed by atoms with Crippen molar-refractivity contribution in [2.45, 2.75) is 33.4 Å². The van der Waals surface area contributed by atoms with Crippen LogP contribution in [0.4, 0.5) is 4.39 Å². The molecule has 1 unspecified atom stereocenters. The van der Waals surface area contributed by atoms with Gasteiger partial charge in [-0.1, -0.05) is 45.0 Å². The normalized spacial score (nSPS) is 17.6. The molecule has 5 nitrogen and oxygen atoms in total. The van der Waals surface area contributed by atoms with E-state index < -0.39 is 34.7 Å². The molecule has 1 aliphatic heterocycles. The number of hydrogen-bond acceptors (Lipinski definition) is 4. The molecule has 2 aromatic rings. The first-order valence-corrected chi connectivity index (χ1v) is 8.64. The number of ketones is 1. The maximum Gasteiger partial charge on any atom is 0.290 e. The first-order valence-electron chi connectivity index (χ1n) is 8.64. The fourth-order valence-corrected chi connectivity index (χ4v) is 3.16. The third-order valence-corrected chi connectivity index (χ3v) is 4.51. The van der Waals surface area contributed by atoms with E-state index in [-0.39, 0.29) is 17.7 Å². The van der Waals surface area contributed by atoms with Gasteiger partial charge in [0, 0.05) is 29.9 Å². The molecule has 27 heavy (non-hydrogen) atoms. The Kier molecular flexibility index (Phi) is 4.83. The Balaban J connectivity index is 2.13. The van der Waals surface area contributed by atoms with Crippen LogP contribution < -0.4 is 0 Å². The quantitative estimate of drug-likeness (QED) is 0.893. The Morgan fingerprint density at radius 3 is 2.52 bits per heavy atom. The van der Waals surface area contributed by atoms with Gasteiger partial charge in [0.25, 0.3) is 5.91 Å². The molecule has 6 heteroatoms. The highest BCUT2D eigenvalue weighted by Gasteiger charge is 2.46. The van der Waals surface area contributed by atoms with Gasteiger partial charge >= 0.3 is 0 Å². The molecule has 1 N–H and O–H groups in total. The van der Waals surface area contributed by atoms with Crippen LogP contribution in [0.25, 0.3) is 0 Å². The summed E-state index contributed by atoms with van der Waals surface area (Å²) in [7, 11) is 0. The van der Waals surface area contributed by atoms with Crippen molar-refractivity contribution in [2.24, 2.45) is 5.41 Å². The zero-order valence-electron chi connectivity index (χ0n) is 15.4. The third kappa shape index (κ3) is 3.47. The lowest BCUT2D eigenvalue weighted by Gasteiger charge is -2.29. The van der Waals surface area contributed by atoms with Gasteiger partial charge in [0.05, 0.1) is 11.6 Å². The Morgan fingerprint density at radius 2 is 1.93 bits per heavy atom. The number of amides is 1. The molecule has 0 fully saturated rings. The molecule has 0 aliphatic carbocycles. The molecule has 0 bridgehead atoms. The van der Waals surface area contributed by atoms with Gasteiger partial charge in [-0.05, 0) is 17.7 Å². The monoisotopic (exact) mass is 368 g/mol. The SMILES string of the molecule is CC(C)(C)C(=O)C1=C(O)C(=O)N(Cc2cccnc2)C1c1ccccc1F. The van der Waals surface area contributed by atoms with Gasteiger partial charge in [0.1, 0.15) is 5.82 Å². The molecule has 1 aromatic heterocycles. The summed E-state index contributed by atoms with van der Waals surface area (Å²) >= 11 is 0. The van der Waals surface area contributed by atoms with E-state index in [9.17, 15) is 19.1 Å². The highest BCUT2D eigenvalue weighted by atomic mass is 19.1. The maximum atomic E-state index is 14.6. The molecule has 1 aromatic carbocycles. The molecule has 0 saturated heterocycles. The van der Waals surface area contributed by atoms with Crippen LogP contribution in [-0.4, -0.2) is 26.7 Å². The van der Waals surface area contributed by atoms with Crippen LogP contribution in [0.5, 0.6) is 0 Å². The predicted octanol–water partition coefficient (Wildman–Crippen LogP) is 3.73. The summed E-state index contributed by atoms with van der Waals surface area (Å²) in [6, 6.07) is 8.48. The van der Waals surface area contributed by atoms with E-state index in [2.05, 4.69) is 4.98 Å². The second-order valence-electron chi connectivity index (χ2n) is 7.56. The van der Waals surface area contributed by atoms with Crippen molar-refractivity contribution in [3.8, 4) is 0 Å². The molecule has 0 radical (unpaired) electrons. The number of pyridine rings is 1. The smallest absolute Gasteiger partial charge is 0.290 e. The van der Waals surface area contributed by atoms with Crippen molar-refractivity contribution in [3.63, 3.8) is 0 Å². The van der Waals surface area contributed by atoms with Crippen molar-refractivity contribution in [3.05, 3.63) is 77.1 Å². The number of benzene rings is 1. The second kappa shape index (κ2) is 6.95. The minimum absolute atomic E-state index is 0.0681. The Bertz CT molecular complexity index is 917. The summed E-state index contributed by atoms with van der Waals surface area (Å²) in [6.45, 7) is 5.18. The van der Waals surface area contributed by atoms with E-state index in [4.69, 9.17) is 0 Å². The lowest BCUT2D eigenvalue weighted by Crippen LogP contribution is -2.33. The van der Waals surface area contributed by atoms with E-state index in [1.807, 2.05) is 0 Å². The number of aromatic nitrogens is 1. The van der Waals surface area contributed by atoms with E-state index in [0.29, 0.717) is 5.56 Å². The molecular formula is C21H21FN2O3. The summed E-state index contributed by atoms with van der Waals surface area (Å²) < 4.78 is 14.6. The van der Waals surface area contributed by atoms with Crippen LogP contribution in [0.1, 0.15) is 37.9 Å². The summed E-state index contributed by atoms with van der Waals surface area (Å²) in [5.74, 6) is -2.25. The molecule has 1 atom stereocenters. The highest BCUT2D eigenvalue weighted by molar-refractivity contribution is 6.10. The first kappa shape index (κ1) is 18.8. The number of nitrogens with zero attached hydrogens (tertiary/aromatic N) is 2. The molecule has 3 rings (SSSR count). The maximum absolute atomic E-state index is 14.6. The third-order valence-electron chi connectivity index (χ3n) is 4.51. The lowest BCUT2D eigenvalue weighted by molar-refractivity contribution is -0.130. The summed E-state index contributed by atoms with van der Waals surface area (Å²) in [5, 5.41) is 10.5. The number of halogens is 1. The number of Topliss-reactive ketones (excluding diaryl/α,β-unsaturated/α-hetero) is 1. The molecular weight excluding hydrogens is 347 g/mol. The minimum atomic E-state index is -0.995. The molecule has 2 heterocycles. The Hall–Kier alpha value is -3.02. The first-order chi connectivity index (χ1) is 12.7. The van der Waals surface area contributed by atoms with Gasteiger partial charge in [-0.2, -0.15) is 0 Å². The van der Waals surface area contributed by atoms with Crippen LogP contribution in [-0.2, 0) is 16.1 Å². The fourth-order valence-electron chi connectivity index (χ4n) is 3.16. The fraction of sp³-hybridized carbons (Fsp3) is 0.286. The Morgan fingerprint density at radius 1 is 1.22 bits per heavy atom. The van der Waals surface area contributed by atoms with Crippen LogP contribution >= 0.6 is 0 Å². The van der Waals surface area contributed by atoms with Crippen LogP contribution in [0.3, 0.4) is 0 Å². The number of carbonyl (C=O) groups is 2. The lowest BCUT2D eigenvalue weighted by atomic mass is 9.82. The molecule has 1 aliphatic rings. The van der Waals surface area contributed by atoms with Crippen molar-refractivity contribution < 1.29 is 19.1 Å². The largest absolute Gasteiger partial charge is 0.503 e. The standard InChI is InChI=1S/C21H21FN2O3/c1-21(2,3)19(26)16-17(14-8-4-5-9-15(14)22)24(20(27)18(16)25)12-13-7-6-10-23-11-13/h4-11,17,25H,12H2,1-3H3. The predicted molar refractivity (Wildman–Crippen MR) is 98.0 cm³/mol. The van der Waals surface area contributed by atoms with E-state index in [1.165, 1.54) is 23.1 Å². The highest BCUT2D eigenvalue weighted by Crippen LogP contribution is 2.42. The van der Waals surface area contributed by atoms with E-state index >= 15 is 0 Å². The number of carbonyl (C=O) groups excluding carboxylic acids is 2. The Labute approximate surface area is 157 Å². The number of aliphatic hydroxyl groups excluding tert-OH is 1. The summed E-state index contributed by atoms with van der Waals surface area (Å²) in [6.07, 6.45) is 3.19. The van der Waals surface area contributed by atoms with Gasteiger partial charge in [0.15, 0.2) is 11.5 Å². The number of aliphatic hydroxyl groups is 1. The summed E-state index contributed by atoms with van der Waals surface area (Å²) in [4.78, 5) is 31.1. The molecule has 140 valence electrons. The average molecular weight is 368 g/mol. The van der Waals surface area contributed by atoms with Crippen LogP contribution in [0.15, 0.2) is 60.1 Å². The van der Waals surface area contributed by atoms with Gasteiger partial charge < -0.3 is 10.0 Å². The van der Waals surface area contributed by atoms with Gasteiger partial charge in [-0.3, -0.25) is 14.6 Å². The molecule has 0 spiro atoms. The van der Waals surface area contributed by atoms with Crippen LogP contribution in [0.2, 0.25) is 0 Å². The minimum Gasteiger partial charge on any atom is -0.503 e. The van der Waals surface area contributed by atoms with Gasteiger partial charge in [0.2, 0.25) is 0 Å². The molecule has 1 amide bonds. The van der Waals surface area contributed by atoms with Crippen molar-refractivity contribution in [2.75, 3.05) is 0 Å². The van der Waals surface area contributed by atoms with E-state index in [0.717, 1.165) is 0 Å². The van der Waals surface area contributed by atoms with Crippen molar-refractivity contribution in [1.29, 1.82) is 0 Å². The summed E-state index contributed by atoms with van der Waals surface area (Å²) in [5.41, 5.74) is -0.0189.